The number of thiazole rings is 1. The summed E-state index contributed by atoms with van der Waals surface area (Å²) in [5, 5.41) is 7.00. The van der Waals surface area contributed by atoms with Crippen molar-refractivity contribution in [3.63, 3.8) is 0 Å². The molecule has 0 unspecified atom stereocenters. The SMILES string of the molecule is CC(=O)CCSc1nc2ccccc2s1.CO. The summed E-state index contributed by atoms with van der Waals surface area (Å²) >= 11 is 3.35. The number of thioether (sulfide) groups is 1. The van der Waals surface area contributed by atoms with Gasteiger partial charge in [-0.2, -0.15) is 0 Å². The number of benzene rings is 1. The van der Waals surface area contributed by atoms with Crippen molar-refractivity contribution in [1.82, 2.24) is 4.98 Å². The smallest absolute Gasteiger partial charge is 0.151 e. The molecule has 1 aromatic carbocycles. The number of hydrogen-bond donors (Lipinski definition) is 1. The van der Waals surface area contributed by atoms with E-state index in [1.165, 1.54) is 4.70 Å². The number of carbonyl (C=O) groups excluding carboxylic acids is 1. The molecule has 0 aliphatic heterocycles. The summed E-state index contributed by atoms with van der Waals surface area (Å²) in [5.41, 5.74) is 1.05. The van der Waals surface area contributed by atoms with E-state index in [9.17, 15) is 4.79 Å². The molecular formula is C12H15NO2S2. The summed E-state index contributed by atoms with van der Waals surface area (Å²) in [5.74, 6) is 1.07. The molecule has 0 radical (unpaired) electrons. The van der Waals surface area contributed by atoms with Crippen LogP contribution in [-0.4, -0.2) is 28.7 Å². The predicted molar refractivity (Wildman–Crippen MR) is 73.8 cm³/mol. The van der Waals surface area contributed by atoms with Gasteiger partial charge >= 0.3 is 0 Å². The van der Waals surface area contributed by atoms with Crippen molar-refractivity contribution in [2.24, 2.45) is 0 Å². The van der Waals surface area contributed by atoms with Gasteiger partial charge in [-0.25, -0.2) is 4.98 Å². The van der Waals surface area contributed by atoms with Gasteiger partial charge in [0.05, 0.1) is 10.2 Å². The van der Waals surface area contributed by atoms with Crippen LogP contribution in [0.1, 0.15) is 13.3 Å². The molecule has 5 heteroatoms. The Morgan fingerprint density at radius 2 is 2.12 bits per heavy atom. The van der Waals surface area contributed by atoms with Crippen LogP contribution in [0.25, 0.3) is 10.2 Å². The second-order valence-electron chi connectivity index (χ2n) is 3.25. The van der Waals surface area contributed by atoms with E-state index in [-0.39, 0.29) is 5.78 Å². The van der Waals surface area contributed by atoms with Gasteiger partial charge in [0.1, 0.15) is 5.78 Å². The molecule has 92 valence electrons. The number of carbonyl (C=O) groups is 1. The minimum absolute atomic E-state index is 0.239. The summed E-state index contributed by atoms with van der Waals surface area (Å²) in [6.07, 6.45) is 0.626. The highest BCUT2D eigenvalue weighted by Gasteiger charge is 2.03. The fourth-order valence-electron chi connectivity index (χ4n) is 1.19. The van der Waals surface area contributed by atoms with Gasteiger partial charge in [0.2, 0.25) is 0 Å². The number of hydrogen-bond acceptors (Lipinski definition) is 5. The average Bonchev–Trinajstić information content (AvgIpc) is 2.73. The van der Waals surface area contributed by atoms with Gasteiger partial charge in [0.25, 0.3) is 0 Å². The average molecular weight is 269 g/mol. The number of aliphatic hydroxyl groups excluding tert-OH is 1. The van der Waals surface area contributed by atoms with Gasteiger partial charge in [-0.05, 0) is 19.1 Å². The number of nitrogens with zero attached hydrogens (tertiary/aromatic N) is 1. The van der Waals surface area contributed by atoms with Gasteiger partial charge in [0.15, 0.2) is 4.34 Å². The highest BCUT2D eigenvalue weighted by atomic mass is 32.2. The van der Waals surface area contributed by atoms with Crippen molar-refractivity contribution in [2.45, 2.75) is 17.7 Å². The maximum atomic E-state index is 10.8. The van der Waals surface area contributed by atoms with E-state index >= 15 is 0 Å². The Kier molecular flexibility index (Phi) is 6.18. The Balaban J connectivity index is 0.000000686. The molecule has 0 atom stereocenters. The third kappa shape index (κ3) is 4.46. The predicted octanol–water partition coefficient (Wildman–Crippen LogP) is 2.98. The monoisotopic (exact) mass is 269 g/mol. The van der Waals surface area contributed by atoms with Crippen LogP contribution in [0, 0.1) is 0 Å². The second kappa shape index (κ2) is 7.42. The second-order valence-corrected chi connectivity index (χ2v) is 5.62. The van der Waals surface area contributed by atoms with Crippen LogP contribution in [0.4, 0.5) is 0 Å². The van der Waals surface area contributed by atoms with E-state index < -0.39 is 0 Å². The van der Waals surface area contributed by atoms with Crippen molar-refractivity contribution < 1.29 is 9.90 Å². The van der Waals surface area contributed by atoms with Crippen LogP contribution in [0.2, 0.25) is 0 Å². The molecule has 1 N–H and O–H groups in total. The first kappa shape index (κ1) is 14.2. The summed E-state index contributed by atoms with van der Waals surface area (Å²) < 4.78 is 2.26. The first-order valence-electron chi connectivity index (χ1n) is 5.18. The normalized spacial score (nSPS) is 9.82. The van der Waals surface area contributed by atoms with Crippen LogP contribution in [0.5, 0.6) is 0 Å². The molecule has 0 fully saturated rings. The van der Waals surface area contributed by atoms with Crippen molar-refractivity contribution in [2.75, 3.05) is 12.9 Å². The fraction of sp³-hybridized carbons (Fsp3) is 0.333. The molecule has 0 aliphatic carbocycles. The zero-order valence-corrected chi connectivity index (χ0v) is 11.5. The molecule has 0 saturated carbocycles. The van der Waals surface area contributed by atoms with Crippen LogP contribution in [-0.2, 0) is 4.79 Å². The molecular weight excluding hydrogens is 254 g/mol. The zero-order valence-electron chi connectivity index (χ0n) is 9.84. The van der Waals surface area contributed by atoms with Gasteiger partial charge in [-0.3, -0.25) is 4.79 Å². The molecule has 0 bridgehead atoms. The number of rotatable bonds is 4. The van der Waals surface area contributed by atoms with E-state index in [1.807, 2.05) is 18.2 Å². The van der Waals surface area contributed by atoms with Crippen molar-refractivity contribution in [3.8, 4) is 0 Å². The molecule has 0 spiro atoms. The lowest BCUT2D eigenvalue weighted by Gasteiger charge is -1.92. The molecule has 2 aromatic rings. The molecule has 2 rings (SSSR count). The standard InChI is InChI=1S/C11H11NOS2.CH4O/c1-8(13)6-7-14-11-12-9-4-2-3-5-10(9)15-11;1-2/h2-5H,6-7H2,1H3;2H,1H3. The lowest BCUT2D eigenvalue weighted by Crippen LogP contribution is -1.90. The lowest BCUT2D eigenvalue weighted by molar-refractivity contribution is -0.116. The van der Waals surface area contributed by atoms with Crippen LogP contribution in [0.3, 0.4) is 0 Å². The maximum Gasteiger partial charge on any atom is 0.151 e. The Labute approximate surface area is 109 Å². The number of Topliss-reactive ketones (excluding diaryl/α,β-unsaturated/α-hetero) is 1. The Bertz CT molecular complexity index is 449. The Morgan fingerprint density at radius 3 is 2.76 bits per heavy atom. The van der Waals surface area contributed by atoms with E-state index in [4.69, 9.17) is 5.11 Å². The van der Waals surface area contributed by atoms with Gasteiger partial charge in [-0.1, -0.05) is 23.9 Å². The van der Waals surface area contributed by atoms with Crippen LogP contribution in [0.15, 0.2) is 28.6 Å². The fourth-order valence-corrected chi connectivity index (χ4v) is 3.37. The van der Waals surface area contributed by atoms with Crippen molar-refractivity contribution >= 4 is 39.1 Å². The summed E-state index contributed by atoms with van der Waals surface area (Å²) in [4.78, 5) is 15.3. The molecule has 1 heterocycles. The first-order chi connectivity index (χ1) is 8.25. The highest BCUT2D eigenvalue weighted by molar-refractivity contribution is 8.01. The van der Waals surface area contributed by atoms with Crippen LogP contribution >= 0.6 is 23.1 Å². The number of ketones is 1. The molecule has 0 amide bonds. The highest BCUT2D eigenvalue weighted by Crippen LogP contribution is 2.29. The van der Waals surface area contributed by atoms with Crippen molar-refractivity contribution in [3.05, 3.63) is 24.3 Å². The first-order valence-corrected chi connectivity index (χ1v) is 6.98. The lowest BCUT2D eigenvalue weighted by atomic mass is 10.3. The molecule has 0 saturated heterocycles. The number of fused-ring (bicyclic) bond motifs is 1. The molecule has 3 nitrogen and oxygen atoms in total. The van der Waals surface area contributed by atoms with Crippen LogP contribution < -0.4 is 0 Å². The quantitative estimate of drug-likeness (QED) is 0.867. The third-order valence-electron chi connectivity index (χ3n) is 1.95. The Hall–Kier alpha value is -0.910. The van der Waals surface area contributed by atoms with E-state index in [0.29, 0.717) is 6.42 Å². The summed E-state index contributed by atoms with van der Waals surface area (Å²) in [7, 11) is 1.00. The van der Waals surface area contributed by atoms with E-state index in [0.717, 1.165) is 22.7 Å². The van der Waals surface area contributed by atoms with E-state index in [2.05, 4.69) is 11.1 Å². The summed E-state index contributed by atoms with van der Waals surface area (Å²) in [6, 6.07) is 8.10. The maximum absolute atomic E-state index is 10.8. The topological polar surface area (TPSA) is 50.2 Å². The number of para-hydroxylation sites is 1. The van der Waals surface area contributed by atoms with Crippen molar-refractivity contribution in [1.29, 1.82) is 0 Å². The number of aromatic nitrogens is 1. The molecule has 1 aromatic heterocycles. The Morgan fingerprint density at radius 1 is 1.41 bits per heavy atom. The minimum atomic E-state index is 0.239. The minimum Gasteiger partial charge on any atom is -0.400 e. The molecule has 17 heavy (non-hydrogen) atoms. The van der Waals surface area contributed by atoms with E-state index in [1.54, 1.807) is 30.0 Å². The van der Waals surface area contributed by atoms with Gasteiger partial charge < -0.3 is 5.11 Å². The largest absolute Gasteiger partial charge is 0.400 e. The zero-order chi connectivity index (χ0) is 12.7. The third-order valence-corrected chi connectivity index (χ3v) is 4.14. The number of aliphatic hydroxyl groups is 1. The van der Waals surface area contributed by atoms with Gasteiger partial charge in [-0.15, -0.1) is 11.3 Å². The molecule has 0 aliphatic rings. The van der Waals surface area contributed by atoms with Gasteiger partial charge in [0, 0.05) is 19.3 Å². The summed E-state index contributed by atoms with van der Waals surface area (Å²) in [6.45, 7) is 1.62.